The number of aromatic nitrogens is 2. The number of esters is 1. The van der Waals surface area contributed by atoms with Crippen molar-refractivity contribution in [2.24, 2.45) is 18.5 Å². The van der Waals surface area contributed by atoms with Gasteiger partial charge in [-0.15, -0.1) is 0 Å². The molecule has 0 aliphatic carbocycles. The zero-order valence-electron chi connectivity index (χ0n) is 21.6. The summed E-state index contributed by atoms with van der Waals surface area (Å²) in [6.07, 6.45) is 6.54. The number of rotatable bonds is 12. The highest BCUT2D eigenvalue weighted by atomic mass is 16.5. The summed E-state index contributed by atoms with van der Waals surface area (Å²) in [7, 11) is 1.91. The van der Waals surface area contributed by atoms with E-state index in [0.717, 1.165) is 17.0 Å². The number of nitrogens with zero attached hydrogens (tertiary/aromatic N) is 3. The van der Waals surface area contributed by atoms with Crippen molar-refractivity contribution < 1.29 is 14.3 Å². The molecular weight excluding hydrogens is 482 g/mol. The molecule has 0 aliphatic heterocycles. The fourth-order valence-corrected chi connectivity index (χ4v) is 3.75. The number of allylic oxidation sites excluding steroid dienone is 4. The molecule has 0 atom stereocenters. The lowest BCUT2D eigenvalue weighted by atomic mass is 10.1. The summed E-state index contributed by atoms with van der Waals surface area (Å²) in [6.45, 7) is 6.13. The van der Waals surface area contributed by atoms with Crippen LogP contribution in [0.15, 0.2) is 79.2 Å². The van der Waals surface area contributed by atoms with Gasteiger partial charge in [-0.2, -0.15) is 0 Å². The van der Waals surface area contributed by atoms with Gasteiger partial charge in [0.1, 0.15) is 17.5 Å². The summed E-state index contributed by atoms with van der Waals surface area (Å²) in [4.78, 5) is 31.4. The number of imidazole rings is 1. The van der Waals surface area contributed by atoms with E-state index in [1.807, 2.05) is 29.8 Å². The molecule has 3 aromatic rings. The maximum Gasteiger partial charge on any atom is 0.307 e. The van der Waals surface area contributed by atoms with E-state index in [9.17, 15) is 9.59 Å². The Morgan fingerprint density at radius 1 is 1.16 bits per heavy atom. The molecular formula is C28H33N7O3. The van der Waals surface area contributed by atoms with Crippen LogP contribution >= 0.6 is 0 Å². The van der Waals surface area contributed by atoms with E-state index >= 15 is 0 Å². The lowest BCUT2D eigenvalue weighted by Gasteiger charge is -2.22. The topological polar surface area (TPSA) is 152 Å². The van der Waals surface area contributed by atoms with Crippen molar-refractivity contribution in [3.63, 3.8) is 0 Å². The Hall–Kier alpha value is -4.86. The zero-order valence-corrected chi connectivity index (χ0v) is 21.6. The largest absolute Gasteiger partial charge is 0.466 e. The van der Waals surface area contributed by atoms with Crippen LogP contribution in [0.25, 0.3) is 11.0 Å². The van der Waals surface area contributed by atoms with Crippen LogP contribution in [-0.2, 0) is 23.1 Å². The third-order valence-corrected chi connectivity index (χ3v) is 5.78. The van der Waals surface area contributed by atoms with Crippen LogP contribution in [0.4, 0.5) is 5.69 Å². The second-order valence-corrected chi connectivity index (χ2v) is 8.36. The number of nitrogens with one attached hydrogen (secondary N) is 2. The van der Waals surface area contributed by atoms with Crippen LogP contribution in [0, 0.1) is 5.41 Å². The van der Waals surface area contributed by atoms with E-state index in [4.69, 9.17) is 26.6 Å². The smallest absolute Gasteiger partial charge is 0.307 e. The first-order valence-electron chi connectivity index (χ1n) is 12.1. The number of hydrogen-bond donors (Lipinski definition) is 4. The summed E-state index contributed by atoms with van der Waals surface area (Å²) < 4.78 is 6.95. The first kappa shape index (κ1) is 27.7. The van der Waals surface area contributed by atoms with Gasteiger partial charge in [-0.05, 0) is 55.5 Å². The lowest BCUT2D eigenvalue weighted by Crippen LogP contribution is -2.36. The number of fused-ring (bicyclic) bond motifs is 1. The van der Waals surface area contributed by atoms with Gasteiger partial charge in [0.05, 0.1) is 30.6 Å². The minimum absolute atomic E-state index is 0.00827. The van der Waals surface area contributed by atoms with Gasteiger partial charge < -0.3 is 26.1 Å². The Balaban J connectivity index is 1.82. The van der Waals surface area contributed by atoms with Crippen molar-refractivity contribution in [1.82, 2.24) is 14.5 Å². The van der Waals surface area contributed by atoms with E-state index < -0.39 is 5.97 Å². The minimum atomic E-state index is -0.409. The molecule has 0 fully saturated rings. The number of anilines is 1. The molecule has 10 heteroatoms. The Labute approximate surface area is 221 Å². The summed E-state index contributed by atoms with van der Waals surface area (Å²) in [5.74, 6) is 0.218. The van der Waals surface area contributed by atoms with E-state index in [1.54, 1.807) is 55.5 Å². The van der Waals surface area contributed by atoms with Crippen molar-refractivity contribution in [2.45, 2.75) is 19.9 Å². The first-order valence-corrected chi connectivity index (χ1v) is 12.1. The van der Waals surface area contributed by atoms with Crippen molar-refractivity contribution in [2.75, 3.05) is 18.5 Å². The van der Waals surface area contributed by atoms with E-state index in [2.05, 4.69) is 11.9 Å². The molecule has 198 valence electrons. The molecule has 38 heavy (non-hydrogen) atoms. The molecule has 0 saturated carbocycles. The third kappa shape index (κ3) is 6.88. The van der Waals surface area contributed by atoms with Crippen molar-refractivity contribution in [3.05, 3.63) is 96.1 Å². The number of hydrogen-bond acceptors (Lipinski definition) is 7. The number of aryl methyl sites for hydroxylation is 1. The van der Waals surface area contributed by atoms with Crippen LogP contribution in [-0.4, -0.2) is 45.3 Å². The number of carbonyl (C=O) groups excluding carboxylic acids is 2. The fourth-order valence-electron chi connectivity index (χ4n) is 3.75. The maximum atomic E-state index is 13.4. The highest BCUT2D eigenvalue weighted by Gasteiger charge is 2.21. The van der Waals surface area contributed by atoms with Crippen LogP contribution in [0.1, 0.15) is 35.1 Å². The number of nitrogen functional groups attached to an aromatic ring is 1. The van der Waals surface area contributed by atoms with Gasteiger partial charge >= 0.3 is 5.97 Å². The second kappa shape index (κ2) is 12.9. The SMILES string of the molecule is C=C/C=C\C=C(/N)N(CCC(=O)OCC)C(=O)c1ccc2c(c1)nc(CNc1ccc(C(=N)N)cc1)n2C. The zero-order chi connectivity index (χ0) is 27.7. The summed E-state index contributed by atoms with van der Waals surface area (Å²) in [6, 6.07) is 12.5. The van der Waals surface area contributed by atoms with Crippen LogP contribution in [0.2, 0.25) is 0 Å². The quantitative estimate of drug-likeness (QED) is 0.125. The standard InChI is InChI=1S/C28H33N7O3/c1-4-6-7-8-24(29)35(16-15-26(36)38-5-2)28(37)20-11-14-23-22(17-20)33-25(34(23)3)18-32-21-12-9-19(10-13-21)27(30)31/h4,6-14,17,32H,1,5,15-16,18,29H2,2-3H3,(H3,30,31)/b7-6-,24-8+. The minimum Gasteiger partial charge on any atom is -0.466 e. The number of nitrogens with two attached hydrogens (primary N) is 2. The number of amides is 1. The number of amidine groups is 1. The number of carbonyl (C=O) groups is 2. The molecule has 10 nitrogen and oxygen atoms in total. The van der Waals surface area contributed by atoms with Crippen molar-refractivity contribution in [1.29, 1.82) is 5.41 Å². The molecule has 1 amide bonds. The van der Waals surface area contributed by atoms with Gasteiger partial charge in [0.25, 0.3) is 5.91 Å². The maximum absolute atomic E-state index is 13.4. The molecule has 1 aromatic heterocycles. The molecule has 0 aliphatic rings. The van der Waals surface area contributed by atoms with E-state index in [1.165, 1.54) is 4.90 Å². The third-order valence-electron chi connectivity index (χ3n) is 5.78. The van der Waals surface area contributed by atoms with Crippen LogP contribution in [0.5, 0.6) is 0 Å². The van der Waals surface area contributed by atoms with Gasteiger partial charge in [0.2, 0.25) is 0 Å². The Morgan fingerprint density at radius 3 is 2.53 bits per heavy atom. The van der Waals surface area contributed by atoms with E-state index in [-0.39, 0.29) is 37.1 Å². The predicted octanol–water partition coefficient (Wildman–Crippen LogP) is 3.41. The van der Waals surface area contributed by atoms with Gasteiger partial charge in [-0.1, -0.05) is 24.8 Å². The van der Waals surface area contributed by atoms with Crippen molar-refractivity contribution >= 4 is 34.4 Å². The Kier molecular flexibility index (Phi) is 9.42. The van der Waals surface area contributed by atoms with Crippen LogP contribution < -0.4 is 16.8 Å². The monoisotopic (exact) mass is 515 g/mol. The Morgan fingerprint density at radius 2 is 1.87 bits per heavy atom. The van der Waals surface area contributed by atoms with Gasteiger partial charge in [-0.25, -0.2) is 4.98 Å². The average Bonchev–Trinajstić information content (AvgIpc) is 3.22. The fraction of sp³-hybridized carbons (Fsp3) is 0.214. The molecule has 3 rings (SSSR count). The van der Waals surface area contributed by atoms with Crippen LogP contribution in [0.3, 0.4) is 0 Å². The molecule has 0 unspecified atom stereocenters. The summed E-state index contributed by atoms with van der Waals surface area (Å²) >= 11 is 0. The molecule has 0 bridgehead atoms. The predicted molar refractivity (Wildman–Crippen MR) is 149 cm³/mol. The molecule has 2 aromatic carbocycles. The van der Waals surface area contributed by atoms with Gasteiger partial charge in [0, 0.05) is 30.4 Å². The molecule has 6 N–H and O–H groups in total. The molecule has 0 radical (unpaired) electrons. The van der Waals surface area contributed by atoms with E-state index in [0.29, 0.717) is 23.2 Å². The first-order chi connectivity index (χ1) is 18.2. The second-order valence-electron chi connectivity index (χ2n) is 8.36. The molecule has 0 spiro atoms. The lowest BCUT2D eigenvalue weighted by molar-refractivity contribution is -0.143. The highest BCUT2D eigenvalue weighted by Crippen LogP contribution is 2.20. The summed E-state index contributed by atoms with van der Waals surface area (Å²) in [5.41, 5.74) is 15.1. The summed E-state index contributed by atoms with van der Waals surface area (Å²) in [5, 5.41) is 10.8. The van der Waals surface area contributed by atoms with Crippen molar-refractivity contribution in [3.8, 4) is 0 Å². The van der Waals surface area contributed by atoms with Gasteiger partial charge in [-0.3, -0.25) is 19.9 Å². The number of benzene rings is 2. The highest BCUT2D eigenvalue weighted by molar-refractivity contribution is 5.98. The molecule has 1 heterocycles. The molecule has 0 saturated heterocycles. The average molecular weight is 516 g/mol. The Bertz CT molecular complexity index is 1390. The number of ether oxygens (including phenoxy) is 1. The van der Waals surface area contributed by atoms with Gasteiger partial charge in [0.15, 0.2) is 0 Å². The normalized spacial score (nSPS) is 11.5.